The Balaban J connectivity index is 1.32. The minimum absolute atomic E-state index is 0.0268. The van der Waals surface area contributed by atoms with Gasteiger partial charge in [-0.15, -0.1) is 11.3 Å². The SMILES string of the molecule is CC(=O)N(c1ccc(C)c(C)c1)c1nc(COC(=O)CCCc2nc3ccccc3c(=O)[nH]2)cs1. The number of aromatic nitrogens is 3. The zero-order valence-corrected chi connectivity index (χ0v) is 20.6. The molecule has 1 N–H and O–H groups in total. The molecule has 0 unspecified atom stereocenters. The lowest BCUT2D eigenvalue weighted by Gasteiger charge is -2.19. The van der Waals surface area contributed by atoms with Crippen LogP contribution in [0.15, 0.2) is 52.6 Å². The molecule has 0 aliphatic carbocycles. The average molecular weight is 491 g/mol. The van der Waals surface area contributed by atoms with Gasteiger partial charge in [-0.3, -0.25) is 19.3 Å². The molecule has 0 bridgehead atoms. The lowest BCUT2D eigenvalue weighted by molar-refractivity contribution is -0.145. The Morgan fingerprint density at radius 1 is 1.09 bits per heavy atom. The fraction of sp³-hybridized carbons (Fsp3) is 0.269. The molecule has 2 heterocycles. The highest BCUT2D eigenvalue weighted by molar-refractivity contribution is 7.14. The predicted molar refractivity (Wildman–Crippen MR) is 136 cm³/mol. The highest BCUT2D eigenvalue weighted by atomic mass is 32.1. The summed E-state index contributed by atoms with van der Waals surface area (Å²) in [5.74, 6) is 0.0352. The number of benzene rings is 2. The predicted octanol–water partition coefficient (Wildman–Crippen LogP) is 4.75. The van der Waals surface area contributed by atoms with Gasteiger partial charge in [0.15, 0.2) is 5.13 Å². The molecule has 0 saturated heterocycles. The molecule has 0 aliphatic heterocycles. The third-order valence-corrected chi connectivity index (χ3v) is 6.51. The number of carbonyl (C=O) groups is 2. The van der Waals surface area contributed by atoms with Gasteiger partial charge in [-0.1, -0.05) is 18.2 Å². The number of nitrogens with one attached hydrogen (secondary N) is 1. The summed E-state index contributed by atoms with van der Waals surface area (Å²) >= 11 is 1.32. The van der Waals surface area contributed by atoms with Crippen LogP contribution in [0.4, 0.5) is 10.8 Å². The summed E-state index contributed by atoms with van der Waals surface area (Å²) in [6.45, 7) is 5.54. The maximum atomic E-state index is 12.3. The zero-order chi connectivity index (χ0) is 24.9. The van der Waals surface area contributed by atoms with Crippen molar-refractivity contribution in [3.8, 4) is 0 Å². The van der Waals surface area contributed by atoms with E-state index in [1.165, 1.54) is 18.3 Å². The number of aryl methyl sites for hydroxylation is 3. The van der Waals surface area contributed by atoms with Gasteiger partial charge in [-0.25, -0.2) is 9.97 Å². The molecule has 8 nitrogen and oxygen atoms in total. The van der Waals surface area contributed by atoms with Crippen molar-refractivity contribution in [1.29, 1.82) is 0 Å². The van der Waals surface area contributed by atoms with E-state index >= 15 is 0 Å². The van der Waals surface area contributed by atoms with Gasteiger partial charge in [0.25, 0.3) is 5.56 Å². The number of aromatic amines is 1. The third-order valence-electron chi connectivity index (χ3n) is 5.63. The Morgan fingerprint density at radius 2 is 1.89 bits per heavy atom. The Labute approximate surface area is 206 Å². The maximum absolute atomic E-state index is 12.3. The van der Waals surface area contributed by atoms with Crippen LogP contribution < -0.4 is 10.5 Å². The molecule has 180 valence electrons. The van der Waals surface area contributed by atoms with Crippen LogP contribution in [0, 0.1) is 13.8 Å². The molecule has 0 aliphatic rings. The molecule has 1 amide bonds. The number of nitrogens with zero attached hydrogens (tertiary/aromatic N) is 3. The number of rotatable bonds is 8. The molecular formula is C26H26N4O4S. The van der Waals surface area contributed by atoms with Crippen molar-refractivity contribution < 1.29 is 14.3 Å². The summed E-state index contributed by atoms with van der Waals surface area (Å²) in [7, 11) is 0. The molecule has 0 radical (unpaired) electrons. The lowest BCUT2D eigenvalue weighted by Crippen LogP contribution is -2.22. The van der Waals surface area contributed by atoms with Gasteiger partial charge in [-0.2, -0.15) is 0 Å². The van der Waals surface area contributed by atoms with Crippen LogP contribution >= 0.6 is 11.3 Å². The molecule has 4 aromatic rings. The highest BCUT2D eigenvalue weighted by Gasteiger charge is 2.19. The lowest BCUT2D eigenvalue weighted by atomic mass is 10.1. The number of esters is 1. The molecular weight excluding hydrogens is 464 g/mol. The molecule has 0 spiro atoms. The largest absolute Gasteiger partial charge is 0.459 e. The van der Waals surface area contributed by atoms with Crippen LogP contribution in [0.1, 0.15) is 42.4 Å². The molecule has 0 fully saturated rings. The first-order valence-electron chi connectivity index (χ1n) is 11.3. The molecule has 2 aromatic heterocycles. The van der Waals surface area contributed by atoms with Gasteiger partial charge in [-0.05, 0) is 55.7 Å². The first kappa shape index (κ1) is 24.3. The van der Waals surface area contributed by atoms with E-state index in [0.29, 0.717) is 40.4 Å². The molecule has 35 heavy (non-hydrogen) atoms. The van der Waals surface area contributed by atoms with E-state index in [1.54, 1.807) is 28.5 Å². The number of ether oxygens (including phenoxy) is 1. The number of para-hydroxylation sites is 1. The molecule has 2 aromatic carbocycles. The Morgan fingerprint density at radius 3 is 2.66 bits per heavy atom. The van der Waals surface area contributed by atoms with Gasteiger partial charge in [0.1, 0.15) is 12.4 Å². The first-order chi connectivity index (χ1) is 16.8. The normalized spacial score (nSPS) is 10.9. The second-order valence-corrected chi connectivity index (χ2v) is 9.12. The van der Waals surface area contributed by atoms with Crippen molar-refractivity contribution in [2.75, 3.05) is 4.90 Å². The first-order valence-corrected chi connectivity index (χ1v) is 12.2. The fourth-order valence-corrected chi connectivity index (χ4v) is 4.51. The minimum Gasteiger partial charge on any atom is -0.459 e. The quantitative estimate of drug-likeness (QED) is 0.358. The maximum Gasteiger partial charge on any atom is 0.306 e. The van der Waals surface area contributed by atoms with Gasteiger partial charge < -0.3 is 9.72 Å². The zero-order valence-electron chi connectivity index (χ0n) is 19.8. The van der Waals surface area contributed by atoms with Crippen LogP contribution in [0.2, 0.25) is 0 Å². The second-order valence-electron chi connectivity index (χ2n) is 8.29. The van der Waals surface area contributed by atoms with E-state index < -0.39 is 0 Å². The van der Waals surface area contributed by atoms with E-state index in [2.05, 4.69) is 15.0 Å². The van der Waals surface area contributed by atoms with Gasteiger partial charge in [0.2, 0.25) is 5.91 Å². The van der Waals surface area contributed by atoms with Crippen molar-refractivity contribution in [2.24, 2.45) is 0 Å². The number of carbonyl (C=O) groups excluding carboxylic acids is 2. The topological polar surface area (TPSA) is 105 Å². The Bertz CT molecular complexity index is 1440. The van der Waals surface area contributed by atoms with Crippen LogP contribution in [-0.2, 0) is 27.4 Å². The van der Waals surface area contributed by atoms with Crippen LogP contribution in [0.5, 0.6) is 0 Å². The van der Waals surface area contributed by atoms with Crippen molar-refractivity contribution in [3.05, 3.63) is 80.8 Å². The van der Waals surface area contributed by atoms with E-state index in [-0.39, 0.29) is 30.5 Å². The van der Waals surface area contributed by atoms with Gasteiger partial charge >= 0.3 is 5.97 Å². The number of fused-ring (bicyclic) bond motifs is 1. The van der Waals surface area contributed by atoms with Crippen LogP contribution in [-0.4, -0.2) is 26.8 Å². The highest BCUT2D eigenvalue weighted by Crippen LogP contribution is 2.30. The standard InChI is InChI=1S/C26H26N4O4S/c1-16-11-12-20(13-17(16)2)30(18(3)31)26-27-19(15-35-26)14-34-24(32)10-6-9-23-28-22-8-5-4-7-21(22)25(33)29-23/h4-5,7-8,11-13,15H,6,9-10,14H2,1-3H3,(H,28,29,33). The Kier molecular flexibility index (Phi) is 7.36. The van der Waals surface area contributed by atoms with Crippen LogP contribution in [0.3, 0.4) is 0 Å². The molecule has 0 atom stereocenters. The molecule has 0 saturated carbocycles. The average Bonchev–Trinajstić information content (AvgIpc) is 3.28. The monoisotopic (exact) mass is 490 g/mol. The number of anilines is 2. The minimum atomic E-state index is -0.361. The number of hydrogen-bond acceptors (Lipinski definition) is 7. The third kappa shape index (κ3) is 5.81. The summed E-state index contributed by atoms with van der Waals surface area (Å²) in [5.41, 5.74) is 4.00. The van der Waals surface area contributed by atoms with E-state index in [4.69, 9.17) is 4.74 Å². The summed E-state index contributed by atoms with van der Waals surface area (Å²) in [6.07, 6.45) is 1.14. The van der Waals surface area contributed by atoms with E-state index in [1.807, 2.05) is 38.1 Å². The van der Waals surface area contributed by atoms with Crippen molar-refractivity contribution in [3.63, 3.8) is 0 Å². The number of H-pyrrole nitrogens is 1. The summed E-state index contributed by atoms with van der Waals surface area (Å²) in [4.78, 5) is 50.0. The smallest absolute Gasteiger partial charge is 0.306 e. The van der Waals surface area contributed by atoms with E-state index in [0.717, 1.165) is 16.8 Å². The molecule has 4 rings (SSSR count). The summed E-state index contributed by atoms with van der Waals surface area (Å²) < 4.78 is 5.36. The van der Waals surface area contributed by atoms with Crippen molar-refractivity contribution >= 4 is 44.9 Å². The second kappa shape index (κ2) is 10.6. The number of hydrogen-bond donors (Lipinski definition) is 1. The van der Waals surface area contributed by atoms with Gasteiger partial charge in [0.05, 0.1) is 22.3 Å². The van der Waals surface area contributed by atoms with Crippen LogP contribution in [0.25, 0.3) is 10.9 Å². The van der Waals surface area contributed by atoms with Gasteiger partial charge in [0, 0.05) is 25.1 Å². The van der Waals surface area contributed by atoms with E-state index in [9.17, 15) is 14.4 Å². The number of thiazole rings is 1. The van der Waals surface area contributed by atoms with Crippen molar-refractivity contribution in [2.45, 2.75) is 46.6 Å². The summed E-state index contributed by atoms with van der Waals surface area (Å²) in [5, 5.41) is 2.85. The molecule has 9 heteroatoms. The Hall–Kier alpha value is -3.85. The number of amides is 1. The summed E-state index contributed by atoms with van der Waals surface area (Å²) in [6, 6.07) is 13.0. The fourth-order valence-electron chi connectivity index (χ4n) is 3.64. The van der Waals surface area contributed by atoms with Crippen molar-refractivity contribution in [1.82, 2.24) is 15.0 Å².